The molecule has 0 unspecified atom stereocenters. The molecular weight excluding hydrogens is 367 g/mol. The van der Waals surface area contributed by atoms with E-state index in [1.165, 1.54) is 6.07 Å². The van der Waals surface area contributed by atoms with Crippen LogP contribution >= 0.6 is 23.2 Å². The summed E-state index contributed by atoms with van der Waals surface area (Å²) in [5, 5.41) is 14.5. The molecule has 2 aromatic rings. The van der Waals surface area contributed by atoms with Crippen LogP contribution in [0.3, 0.4) is 0 Å². The van der Waals surface area contributed by atoms with Crippen molar-refractivity contribution in [2.75, 3.05) is 11.9 Å². The van der Waals surface area contributed by atoms with Gasteiger partial charge in [0.2, 0.25) is 5.91 Å². The molecule has 0 fully saturated rings. The van der Waals surface area contributed by atoms with Crippen LogP contribution in [0, 0.1) is 17.0 Å². The van der Waals surface area contributed by atoms with E-state index in [4.69, 9.17) is 27.9 Å². The molecule has 0 aliphatic carbocycles. The summed E-state index contributed by atoms with van der Waals surface area (Å²) in [5.41, 5.74) is 0.902. The fourth-order valence-corrected chi connectivity index (χ4v) is 2.58. The van der Waals surface area contributed by atoms with Crippen molar-refractivity contribution in [1.29, 1.82) is 0 Å². The highest BCUT2D eigenvalue weighted by Crippen LogP contribution is 2.27. The molecule has 0 bridgehead atoms. The van der Waals surface area contributed by atoms with Gasteiger partial charge in [0.15, 0.2) is 0 Å². The predicted octanol–water partition coefficient (Wildman–Crippen LogP) is 5.01. The second kappa shape index (κ2) is 8.69. The Kier molecular flexibility index (Phi) is 6.61. The normalized spacial score (nSPS) is 10.4. The fraction of sp³-hybridized carbons (Fsp3) is 0.235. The van der Waals surface area contributed by atoms with Gasteiger partial charge in [-0.1, -0.05) is 29.3 Å². The van der Waals surface area contributed by atoms with Crippen LogP contribution in [0.25, 0.3) is 0 Å². The smallest absolute Gasteiger partial charge is 0.274 e. The Morgan fingerprint density at radius 2 is 2.00 bits per heavy atom. The van der Waals surface area contributed by atoms with Crippen molar-refractivity contribution in [3.8, 4) is 5.75 Å². The molecule has 1 N–H and O–H groups in total. The van der Waals surface area contributed by atoms with Crippen molar-refractivity contribution < 1.29 is 14.5 Å². The summed E-state index contributed by atoms with van der Waals surface area (Å²) in [7, 11) is 0. The number of aryl methyl sites for hydroxylation is 1. The standard InChI is InChI=1S/C17H16Cl2N2O4/c1-11-4-6-13(10-15(11)21(23)24)20-17(22)3-2-8-25-16-7-5-12(18)9-14(16)19/h4-7,9-10H,2-3,8H2,1H3,(H,20,22). The van der Waals surface area contributed by atoms with Crippen LogP contribution in [0.5, 0.6) is 5.75 Å². The van der Waals surface area contributed by atoms with E-state index in [0.717, 1.165) is 0 Å². The third-order valence-electron chi connectivity index (χ3n) is 3.39. The fourth-order valence-electron chi connectivity index (χ4n) is 2.11. The van der Waals surface area contributed by atoms with Gasteiger partial charge in [-0.3, -0.25) is 14.9 Å². The number of nitro benzene ring substituents is 1. The SMILES string of the molecule is Cc1ccc(NC(=O)CCCOc2ccc(Cl)cc2Cl)cc1[N+](=O)[O-]. The third-order valence-corrected chi connectivity index (χ3v) is 3.92. The molecule has 0 aliphatic heterocycles. The number of carbonyl (C=O) groups excluding carboxylic acids is 1. The lowest BCUT2D eigenvalue weighted by atomic mass is 10.2. The lowest BCUT2D eigenvalue weighted by Crippen LogP contribution is -2.13. The summed E-state index contributed by atoms with van der Waals surface area (Å²) in [6.07, 6.45) is 0.686. The van der Waals surface area contributed by atoms with Gasteiger partial charge in [-0.05, 0) is 37.6 Å². The molecule has 1 amide bonds. The first-order valence-corrected chi connectivity index (χ1v) is 8.25. The Morgan fingerprint density at radius 3 is 2.68 bits per heavy atom. The number of ether oxygens (including phenoxy) is 1. The highest BCUT2D eigenvalue weighted by Gasteiger charge is 2.12. The molecule has 0 aromatic heterocycles. The molecule has 8 heteroatoms. The van der Waals surface area contributed by atoms with Crippen molar-refractivity contribution in [2.45, 2.75) is 19.8 Å². The zero-order chi connectivity index (χ0) is 18.4. The summed E-state index contributed by atoms with van der Waals surface area (Å²) < 4.78 is 5.50. The van der Waals surface area contributed by atoms with Crippen molar-refractivity contribution >= 4 is 40.5 Å². The van der Waals surface area contributed by atoms with Crippen molar-refractivity contribution in [2.24, 2.45) is 0 Å². The first-order chi connectivity index (χ1) is 11.9. The van der Waals surface area contributed by atoms with Crippen molar-refractivity contribution in [1.82, 2.24) is 0 Å². The molecule has 0 radical (unpaired) electrons. The van der Waals surface area contributed by atoms with E-state index in [1.807, 2.05) is 0 Å². The number of anilines is 1. The number of hydrogen-bond donors (Lipinski definition) is 1. The van der Waals surface area contributed by atoms with E-state index in [-0.39, 0.29) is 18.0 Å². The third kappa shape index (κ3) is 5.62. The second-order valence-corrected chi connectivity index (χ2v) is 6.18. The van der Waals surface area contributed by atoms with E-state index in [0.29, 0.717) is 40.1 Å². The number of nitrogens with zero attached hydrogens (tertiary/aromatic N) is 1. The molecule has 2 rings (SSSR count). The Balaban J connectivity index is 1.81. The maximum atomic E-state index is 11.9. The van der Waals surface area contributed by atoms with E-state index in [2.05, 4.69) is 5.32 Å². The molecule has 6 nitrogen and oxygen atoms in total. The van der Waals surface area contributed by atoms with Crippen LogP contribution in [0.4, 0.5) is 11.4 Å². The summed E-state index contributed by atoms with van der Waals surface area (Å²) >= 11 is 11.8. The monoisotopic (exact) mass is 382 g/mol. The number of hydrogen-bond acceptors (Lipinski definition) is 4. The molecule has 0 saturated heterocycles. The molecule has 2 aromatic carbocycles. The minimum absolute atomic E-state index is 0.0292. The van der Waals surface area contributed by atoms with Crippen molar-refractivity contribution in [3.05, 3.63) is 62.1 Å². The Hall–Kier alpha value is -2.31. The minimum Gasteiger partial charge on any atom is -0.492 e. The lowest BCUT2D eigenvalue weighted by Gasteiger charge is -2.09. The molecule has 0 atom stereocenters. The van der Waals surface area contributed by atoms with E-state index >= 15 is 0 Å². The molecular formula is C17H16Cl2N2O4. The van der Waals surface area contributed by atoms with Gasteiger partial charge >= 0.3 is 0 Å². The topological polar surface area (TPSA) is 81.5 Å². The van der Waals surface area contributed by atoms with Gasteiger partial charge in [-0.25, -0.2) is 0 Å². The number of amides is 1. The number of nitrogens with one attached hydrogen (secondary N) is 1. The van der Waals surface area contributed by atoms with Crippen LogP contribution < -0.4 is 10.1 Å². The highest BCUT2D eigenvalue weighted by molar-refractivity contribution is 6.35. The zero-order valence-electron chi connectivity index (χ0n) is 13.4. The first-order valence-electron chi connectivity index (χ1n) is 7.49. The largest absolute Gasteiger partial charge is 0.492 e. The van der Waals surface area contributed by atoms with Gasteiger partial charge in [-0.2, -0.15) is 0 Å². The summed E-state index contributed by atoms with van der Waals surface area (Å²) in [6.45, 7) is 1.95. The highest BCUT2D eigenvalue weighted by atomic mass is 35.5. The van der Waals surface area contributed by atoms with Crippen molar-refractivity contribution in [3.63, 3.8) is 0 Å². The number of rotatable bonds is 7. The average molecular weight is 383 g/mol. The maximum absolute atomic E-state index is 11.9. The first kappa shape index (κ1) is 19.0. The Bertz CT molecular complexity index is 796. The summed E-state index contributed by atoms with van der Waals surface area (Å²) in [4.78, 5) is 22.4. The van der Waals surface area contributed by atoms with Crippen LogP contribution in [-0.2, 0) is 4.79 Å². The minimum atomic E-state index is -0.477. The second-order valence-electron chi connectivity index (χ2n) is 5.33. The van der Waals surface area contributed by atoms with Gasteiger partial charge in [0.25, 0.3) is 5.69 Å². The van der Waals surface area contributed by atoms with E-state index in [1.54, 1.807) is 37.3 Å². The number of benzene rings is 2. The Labute approximate surface area is 154 Å². The van der Waals surface area contributed by atoms with Gasteiger partial charge in [0.1, 0.15) is 5.75 Å². The summed E-state index contributed by atoms with van der Waals surface area (Å²) in [5.74, 6) is 0.254. The van der Waals surface area contributed by atoms with Gasteiger partial charge in [0.05, 0.1) is 16.6 Å². The number of nitro groups is 1. The number of halogens is 2. The van der Waals surface area contributed by atoms with E-state index < -0.39 is 4.92 Å². The molecule has 25 heavy (non-hydrogen) atoms. The quantitative estimate of drug-likeness (QED) is 0.414. The van der Waals surface area contributed by atoms with Crippen LogP contribution in [0.15, 0.2) is 36.4 Å². The summed E-state index contributed by atoms with van der Waals surface area (Å²) in [6, 6.07) is 9.48. The molecule has 0 saturated carbocycles. The zero-order valence-corrected chi connectivity index (χ0v) is 14.9. The lowest BCUT2D eigenvalue weighted by molar-refractivity contribution is -0.385. The Morgan fingerprint density at radius 1 is 1.24 bits per heavy atom. The van der Waals surface area contributed by atoms with Gasteiger partial charge < -0.3 is 10.1 Å². The molecule has 0 spiro atoms. The molecule has 0 heterocycles. The average Bonchev–Trinajstić information content (AvgIpc) is 2.54. The molecule has 0 aliphatic rings. The van der Waals surface area contributed by atoms with Crippen LogP contribution in [0.1, 0.15) is 18.4 Å². The maximum Gasteiger partial charge on any atom is 0.274 e. The number of carbonyl (C=O) groups is 1. The predicted molar refractivity (Wildman–Crippen MR) is 97.7 cm³/mol. The molecule has 132 valence electrons. The van der Waals surface area contributed by atoms with Gasteiger partial charge in [-0.15, -0.1) is 0 Å². The van der Waals surface area contributed by atoms with Crippen LogP contribution in [-0.4, -0.2) is 17.4 Å². The van der Waals surface area contributed by atoms with Crippen LogP contribution in [0.2, 0.25) is 10.0 Å². The van der Waals surface area contributed by atoms with Gasteiger partial charge in [0, 0.05) is 28.8 Å². The van der Waals surface area contributed by atoms with E-state index in [9.17, 15) is 14.9 Å².